The molecule has 0 radical (unpaired) electrons. The molecule has 3 rings (SSSR count). The zero-order chi connectivity index (χ0) is 17.1. The van der Waals surface area contributed by atoms with Crippen LogP contribution in [-0.4, -0.2) is 49.9 Å². The Hall–Kier alpha value is -2.15. The summed E-state index contributed by atoms with van der Waals surface area (Å²) in [4.78, 5) is 14.9. The summed E-state index contributed by atoms with van der Waals surface area (Å²) in [6.45, 7) is 7.89. The zero-order valence-electron chi connectivity index (χ0n) is 14.6. The number of aromatic amines is 1. The lowest BCUT2D eigenvalue weighted by molar-refractivity contribution is -0.121. The van der Waals surface area contributed by atoms with Gasteiger partial charge in [0.05, 0.1) is 12.2 Å². The fourth-order valence-corrected chi connectivity index (χ4v) is 3.33. The summed E-state index contributed by atoms with van der Waals surface area (Å²) in [5.41, 5.74) is 1.16. The summed E-state index contributed by atoms with van der Waals surface area (Å²) < 4.78 is 1.83. The standard InChI is InChI=1S/C17H26N6O/c1-12(2)23-16(7-9-19-23)20-17(24)13(3)22-10-4-5-14(11-22)15-6-8-18-21-15/h6-9,12-14H,4-5,10-11H2,1-3H3,(H,18,21)(H,20,24)/t13-,14-/m1/s1. The highest BCUT2D eigenvalue weighted by Crippen LogP contribution is 2.26. The summed E-state index contributed by atoms with van der Waals surface area (Å²) in [7, 11) is 0. The largest absolute Gasteiger partial charge is 0.310 e. The molecule has 0 aliphatic carbocycles. The van der Waals surface area contributed by atoms with E-state index < -0.39 is 0 Å². The van der Waals surface area contributed by atoms with E-state index in [1.54, 1.807) is 12.4 Å². The molecule has 130 valence electrons. The number of carbonyl (C=O) groups is 1. The van der Waals surface area contributed by atoms with Crippen molar-refractivity contribution in [3.8, 4) is 0 Å². The topological polar surface area (TPSA) is 78.8 Å². The number of carbonyl (C=O) groups excluding carboxylic acids is 1. The van der Waals surface area contributed by atoms with Gasteiger partial charge >= 0.3 is 0 Å². The molecule has 2 aromatic heterocycles. The van der Waals surface area contributed by atoms with Gasteiger partial charge < -0.3 is 5.32 Å². The second-order valence-corrected chi connectivity index (χ2v) is 6.77. The van der Waals surface area contributed by atoms with E-state index >= 15 is 0 Å². The van der Waals surface area contributed by atoms with Crippen molar-refractivity contribution in [3.63, 3.8) is 0 Å². The monoisotopic (exact) mass is 330 g/mol. The normalized spacial score (nSPS) is 20.2. The Balaban J connectivity index is 1.63. The van der Waals surface area contributed by atoms with Gasteiger partial charge in [-0.15, -0.1) is 0 Å². The van der Waals surface area contributed by atoms with E-state index in [9.17, 15) is 4.79 Å². The summed E-state index contributed by atoms with van der Waals surface area (Å²) in [5.74, 6) is 1.18. The fourth-order valence-electron chi connectivity index (χ4n) is 3.33. The highest BCUT2D eigenvalue weighted by molar-refractivity contribution is 5.93. The van der Waals surface area contributed by atoms with Crippen molar-refractivity contribution in [1.82, 2.24) is 24.9 Å². The third-order valence-corrected chi connectivity index (χ3v) is 4.75. The van der Waals surface area contributed by atoms with Crippen LogP contribution in [0, 0.1) is 0 Å². The lowest BCUT2D eigenvalue weighted by Gasteiger charge is -2.35. The van der Waals surface area contributed by atoms with Gasteiger partial charge in [0.25, 0.3) is 0 Å². The number of anilines is 1. The molecule has 1 fully saturated rings. The molecule has 1 aliphatic heterocycles. The van der Waals surface area contributed by atoms with E-state index in [1.165, 1.54) is 0 Å². The molecule has 0 spiro atoms. The quantitative estimate of drug-likeness (QED) is 0.882. The number of hydrogen-bond acceptors (Lipinski definition) is 4. The Morgan fingerprint density at radius 2 is 2.17 bits per heavy atom. The van der Waals surface area contributed by atoms with E-state index in [1.807, 2.05) is 37.6 Å². The molecule has 2 aromatic rings. The highest BCUT2D eigenvalue weighted by atomic mass is 16.2. The third-order valence-electron chi connectivity index (χ3n) is 4.75. The Labute approximate surface area is 142 Å². The van der Waals surface area contributed by atoms with Crippen LogP contribution in [0.25, 0.3) is 0 Å². The summed E-state index contributed by atoms with van der Waals surface area (Å²) in [5, 5.41) is 14.4. The van der Waals surface area contributed by atoms with Crippen molar-refractivity contribution in [1.29, 1.82) is 0 Å². The van der Waals surface area contributed by atoms with E-state index in [0.29, 0.717) is 5.92 Å². The number of aromatic nitrogens is 4. The van der Waals surface area contributed by atoms with Crippen molar-refractivity contribution < 1.29 is 4.79 Å². The van der Waals surface area contributed by atoms with Crippen LogP contribution < -0.4 is 5.32 Å². The third kappa shape index (κ3) is 3.51. The molecular formula is C17H26N6O. The summed E-state index contributed by atoms with van der Waals surface area (Å²) in [6, 6.07) is 3.91. The number of likely N-dealkylation sites (tertiary alicyclic amines) is 1. The first-order valence-electron chi connectivity index (χ1n) is 8.64. The number of nitrogens with zero attached hydrogens (tertiary/aromatic N) is 4. The van der Waals surface area contributed by atoms with Gasteiger partial charge in [0.1, 0.15) is 5.82 Å². The van der Waals surface area contributed by atoms with Crippen molar-refractivity contribution in [2.24, 2.45) is 0 Å². The Bertz CT molecular complexity index is 662. The van der Waals surface area contributed by atoms with Gasteiger partial charge in [-0.1, -0.05) is 0 Å². The van der Waals surface area contributed by atoms with E-state index in [2.05, 4.69) is 25.5 Å². The van der Waals surface area contributed by atoms with E-state index in [0.717, 1.165) is 37.4 Å². The first-order valence-corrected chi connectivity index (χ1v) is 8.64. The van der Waals surface area contributed by atoms with Crippen molar-refractivity contribution in [2.45, 2.75) is 51.6 Å². The smallest absolute Gasteiger partial charge is 0.242 e. The van der Waals surface area contributed by atoms with Gasteiger partial charge in [-0.3, -0.25) is 14.8 Å². The van der Waals surface area contributed by atoms with Gasteiger partial charge in [0.15, 0.2) is 0 Å². The van der Waals surface area contributed by atoms with Crippen LogP contribution in [-0.2, 0) is 4.79 Å². The van der Waals surface area contributed by atoms with Crippen LogP contribution in [0.4, 0.5) is 5.82 Å². The molecule has 0 bridgehead atoms. The lowest BCUT2D eigenvalue weighted by atomic mass is 9.94. The zero-order valence-corrected chi connectivity index (χ0v) is 14.6. The number of rotatable bonds is 5. The molecule has 24 heavy (non-hydrogen) atoms. The summed E-state index contributed by atoms with van der Waals surface area (Å²) in [6.07, 6.45) is 5.73. The number of amides is 1. The molecule has 1 aliphatic rings. The minimum Gasteiger partial charge on any atom is -0.310 e. The highest BCUT2D eigenvalue weighted by Gasteiger charge is 2.29. The molecule has 1 amide bonds. The van der Waals surface area contributed by atoms with Gasteiger partial charge in [0, 0.05) is 36.5 Å². The fraction of sp³-hybridized carbons (Fsp3) is 0.588. The SMILES string of the molecule is CC(C)n1nccc1NC(=O)[C@@H](C)N1CCC[C@@H](c2ccn[nH]2)C1. The predicted molar refractivity (Wildman–Crippen MR) is 92.8 cm³/mol. The first kappa shape index (κ1) is 16.7. The van der Waals surface area contributed by atoms with E-state index in [4.69, 9.17) is 0 Å². The molecule has 2 atom stereocenters. The molecule has 0 unspecified atom stereocenters. The molecular weight excluding hydrogens is 304 g/mol. The maximum absolute atomic E-state index is 12.7. The number of hydrogen-bond donors (Lipinski definition) is 2. The molecule has 7 nitrogen and oxygen atoms in total. The maximum Gasteiger partial charge on any atom is 0.242 e. The Morgan fingerprint density at radius 1 is 1.33 bits per heavy atom. The molecule has 7 heteroatoms. The molecule has 0 aromatic carbocycles. The number of piperidine rings is 1. The number of nitrogens with one attached hydrogen (secondary N) is 2. The van der Waals surface area contributed by atoms with Gasteiger partial charge in [-0.2, -0.15) is 10.2 Å². The molecule has 0 saturated carbocycles. The van der Waals surface area contributed by atoms with Crippen LogP contribution in [0.5, 0.6) is 0 Å². The first-order chi connectivity index (χ1) is 11.6. The van der Waals surface area contributed by atoms with Gasteiger partial charge in [0.2, 0.25) is 5.91 Å². The Morgan fingerprint density at radius 3 is 2.88 bits per heavy atom. The predicted octanol–water partition coefficient (Wildman–Crippen LogP) is 2.39. The Kier molecular flexibility index (Phi) is 4.99. The maximum atomic E-state index is 12.7. The van der Waals surface area contributed by atoms with Crippen LogP contribution >= 0.6 is 0 Å². The number of H-pyrrole nitrogens is 1. The van der Waals surface area contributed by atoms with Crippen LogP contribution in [0.2, 0.25) is 0 Å². The second kappa shape index (κ2) is 7.17. The average molecular weight is 330 g/mol. The van der Waals surface area contributed by atoms with Crippen molar-refractivity contribution in [2.75, 3.05) is 18.4 Å². The van der Waals surface area contributed by atoms with Crippen LogP contribution in [0.1, 0.15) is 51.3 Å². The van der Waals surface area contributed by atoms with Gasteiger partial charge in [-0.25, -0.2) is 4.68 Å². The second-order valence-electron chi connectivity index (χ2n) is 6.77. The molecule has 3 heterocycles. The van der Waals surface area contributed by atoms with Crippen LogP contribution in [0.15, 0.2) is 24.5 Å². The van der Waals surface area contributed by atoms with Crippen molar-refractivity contribution >= 4 is 11.7 Å². The minimum absolute atomic E-state index is 0.0164. The summed E-state index contributed by atoms with van der Waals surface area (Å²) >= 11 is 0. The lowest BCUT2D eigenvalue weighted by Crippen LogP contribution is -2.46. The minimum atomic E-state index is -0.175. The molecule has 2 N–H and O–H groups in total. The van der Waals surface area contributed by atoms with Gasteiger partial charge in [-0.05, 0) is 46.2 Å². The molecule has 1 saturated heterocycles. The van der Waals surface area contributed by atoms with Crippen molar-refractivity contribution in [3.05, 3.63) is 30.2 Å². The van der Waals surface area contributed by atoms with E-state index in [-0.39, 0.29) is 18.0 Å². The average Bonchev–Trinajstić information content (AvgIpc) is 3.25. The van der Waals surface area contributed by atoms with Crippen LogP contribution in [0.3, 0.4) is 0 Å².